The number of amides is 1. The summed E-state index contributed by atoms with van der Waals surface area (Å²) < 4.78 is 38.7. The second kappa shape index (κ2) is 5.61. The third-order valence-corrected chi connectivity index (χ3v) is 2.79. The number of anilines is 2. The van der Waals surface area contributed by atoms with Crippen LogP contribution in [0.15, 0.2) is 36.5 Å². The van der Waals surface area contributed by atoms with Crippen molar-refractivity contribution in [2.75, 3.05) is 11.1 Å². The minimum Gasteiger partial charge on any atom is -0.397 e. The zero-order chi connectivity index (χ0) is 15.6. The highest BCUT2D eigenvalue weighted by Crippen LogP contribution is 2.36. The zero-order valence-corrected chi connectivity index (χ0v) is 11.2. The van der Waals surface area contributed by atoms with Crippen molar-refractivity contribution in [2.24, 2.45) is 0 Å². The summed E-state index contributed by atoms with van der Waals surface area (Å²) in [5, 5.41) is 2.08. The number of hydrogen-bond acceptors (Lipinski definition) is 3. The molecule has 0 aliphatic heterocycles. The van der Waals surface area contributed by atoms with Gasteiger partial charge in [-0.1, -0.05) is 11.6 Å². The van der Waals surface area contributed by atoms with Crippen molar-refractivity contribution >= 4 is 28.9 Å². The van der Waals surface area contributed by atoms with Crippen LogP contribution in [0, 0.1) is 0 Å². The summed E-state index contributed by atoms with van der Waals surface area (Å²) in [7, 11) is 0. The Morgan fingerprint density at radius 2 is 1.95 bits per heavy atom. The molecule has 2 aromatic rings. The van der Waals surface area contributed by atoms with Crippen molar-refractivity contribution in [1.29, 1.82) is 0 Å². The van der Waals surface area contributed by atoms with Gasteiger partial charge in [-0.05, 0) is 30.3 Å². The summed E-state index contributed by atoms with van der Waals surface area (Å²) in [5.74, 6) is -0.775. The smallest absolute Gasteiger partial charge is 0.397 e. The Kier molecular flexibility index (Phi) is 4.04. The largest absolute Gasteiger partial charge is 0.418 e. The number of nitrogens with zero attached hydrogens (tertiary/aromatic N) is 1. The molecule has 4 nitrogen and oxygen atoms in total. The molecule has 0 radical (unpaired) electrons. The monoisotopic (exact) mass is 315 g/mol. The van der Waals surface area contributed by atoms with Crippen LogP contribution in [0.25, 0.3) is 0 Å². The van der Waals surface area contributed by atoms with Gasteiger partial charge >= 0.3 is 6.18 Å². The second-order valence-electron chi connectivity index (χ2n) is 4.12. The highest BCUT2D eigenvalue weighted by molar-refractivity contribution is 6.30. The number of alkyl halides is 3. The van der Waals surface area contributed by atoms with E-state index in [0.29, 0.717) is 5.69 Å². The molecule has 0 fully saturated rings. The maximum atomic E-state index is 12.9. The van der Waals surface area contributed by atoms with E-state index in [1.165, 1.54) is 24.4 Å². The third-order valence-electron chi connectivity index (χ3n) is 2.55. The number of nitrogen functional groups attached to an aromatic ring is 1. The summed E-state index contributed by atoms with van der Waals surface area (Å²) in [6.45, 7) is 0. The minimum absolute atomic E-state index is 0.0488. The Bertz CT molecular complexity index is 671. The van der Waals surface area contributed by atoms with Gasteiger partial charge < -0.3 is 11.1 Å². The second-order valence-corrected chi connectivity index (χ2v) is 4.55. The van der Waals surface area contributed by atoms with Crippen LogP contribution >= 0.6 is 11.6 Å². The van der Waals surface area contributed by atoms with Gasteiger partial charge in [0.15, 0.2) is 0 Å². The molecular formula is C13H9ClF3N3O. The van der Waals surface area contributed by atoms with Crippen LogP contribution < -0.4 is 11.1 Å². The van der Waals surface area contributed by atoms with Crippen molar-refractivity contribution < 1.29 is 18.0 Å². The number of carbonyl (C=O) groups is 1. The summed E-state index contributed by atoms with van der Waals surface area (Å²) in [5.41, 5.74) is 4.29. The van der Waals surface area contributed by atoms with E-state index in [1.54, 1.807) is 0 Å². The molecule has 0 aliphatic rings. The first-order valence-corrected chi connectivity index (χ1v) is 6.05. The molecule has 0 saturated heterocycles. The van der Waals surface area contributed by atoms with Crippen LogP contribution in [0.4, 0.5) is 24.5 Å². The molecule has 8 heteroatoms. The molecule has 21 heavy (non-hydrogen) atoms. The Hall–Kier alpha value is -2.28. The van der Waals surface area contributed by atoms with Crippen LogP contribution in [0.1, 0.15) is 16.1 Å². The molecule has 110 valence electrons. The minimum atomic E-state index is -4.64. The highest BCUT2D eigenvalue weighted by Gasteiger charge is 2.34. The topological polar surface area (TPSA) is 68.0 Å². The number of halogens is 4. The van der Waals surface area contributed by atoms with Gasteiger partial charge in [-0.25, -0.2) is 4.98 Å². The summed E-state index contributed by atoms with van der Waals surface area (Å²) in [6, 6.07) is 5.82. The molecule has 1 aromatic carbocycles. The van der Waals surface area contributed by atoms with Gasteiger partial charge in [0.05, 0.1) is 23.1 Å². The summed E-state index contributed by atoms with van der Waals surface area (Å²) in [4.78, 5) is 15.6. The molecule has 0 unspecified atom stereocenters. The SMILES string of the molecule is Nc1ccc(C(=O)Nc2ccc(Cl)cc2C(F)(F)F)nc1. The van der Waals surface area contributed by atoms with Gasteiger partial charge in [0.25, 0.3) is 5.91 Å². The van der Waals surface area contributed by atoms with E-state index in [1.807, 2.05) is 0 Å². The Balaban J connectivity index is 2.31. The maximum Gasteiger partial charge on any atom is 0.418 e. The first-order valence-electron chi connectivity index (χ1n) is 5.67. The fourth-order valence-corrected chi connectivity index (χ4v) is 1.76. The van der Waals surface area contributed by atoms with Crippen molar-refractivity contribution in [3.63, 3.8) is 0 Å². The van der Waals surface area contributed by atoms with Gasteiger partial charge in [-0.3, -0.25) is 4.79 Å². The summed E-state index contributed by atoms with van der Waals surface area (Å²) >= 11 is 5.55. The Labute approximate surface area is 122 Å². The molecule has 1 amide bonds. The molecule has 0 atom stereocenters. The fraction of sp³-hybridized carbons (Fsp3) is 0.0769. The summed E-state index contributed by atoms with van der Waals surface area (Å²) in [6.07, 6.45) is -3.40. The molecule has 1 heterocycles. The molecule has 3 N–H and O–H groups in total. The first-order chi connectivity index (χ1) is 9.77. The van der Waals surface area contributed by atoms with Crippen molar-refractivity contribution in [1.82, 2.24) is 4.98 Å². The van der Waals surface area contributed by atoms with E-state index in [4.69, 9.17) is 17.3 Å². The van der Waals surface area contributed by atoms with Crippen LogP contribution in [0.2, 0.25) is 5.02 Å². The molecule has 1 aromatic heterocycles. The number of nitrogens with two attached hydrogens (primary N) is 1. The maximum absolute atomic E-state index is 12.9. The van der Waals surface area contributed by atoms with Crippen molar-refractivity contribution in [2.45, 2.75) is 6.18 Å². The Morgan fingerprint density at radius 1 is 1.24 bits per heavy atom. The lowest BCUT2D eigenvalue weighted by Crippen LogP contribution is -2.17. The van der Waals surface area contributed by atoms with E-state index in [-0.39, 0.29) is 10.7 Å². The molecule has 0 saturated carbocycles. The van der Waals surface area contributed by atoms with E-state index in [9.17, 15) is 18.0 Å². The van der Waals surface area contributed by atoms with Crippen LogP contribution in [0.3, 0.4) is 0 Å². The fourth-order valence-electron chi connectivity index (χ4n) is 1.59. The van der Waals surface area contributed by atoms with Gasteiger partial charge in [0.1, 0.15) is 5.69 Å². The number of carbonyl (C=O) groups excluding carboxylic acids is 1. The third kappa shape index (κ3) is 3.63. The van der Waals surface area contributed by atoms with Crippen LogP contribution in [-0.4, -0.2) is 10.9 Å². The van der Waals surface area contributed by atoms with Crippen molar-refractivity contribution in [3.8, 4) is 0 Å². The predicted octanol–water partition coefficient (Wildman–Crippen LogP) is 3.59. The van der Waals surface area contributed by atoms with Crippen molar-refractivity contribution in [3.05, 3.63) is 52.8 Å². The van der Waals surface area contributed by atoms with E-state index >= 15 is 0 Å². The molecular weight excluding hydrogens is 307 g/mol. The normalized spacial score (nSPS) is 11.2. The standard InChI is InChI=1S/C13H9ClF3N3O/c14-7-1-3-10(9(5-7)13(15,16)17)20-12(21)11-4-2-8(18)6-19-11/h1-6H,18H2,(H,20,21). The Morgan fingerprint density at radius 3 is 2.52 bits per heavy atom. The van der Waals surface area contributed by atoms with E-state index < -0.39 is 23.3 Å². The number of benzene rings is 1. The lowest BCUT2D eigenvalue weighted by atomic mass is 10.1. The molecule has 2 rings (SSSR count). The number of aromatic nitrogens is 1. The highest BCUT2D eigenvalue weighted by atomic mass is 35.5. The lowest BCUT2D eigenvalue weighted by Gasteiger charge is -2.14. The van der Waals surface area contributed by atoms with Crippen LogP contribution in [-0.2, 0) is 6.18 Å². The first kappa shape index (κ1) is 15.1. The number of nitrogens with one attached hydrogen (secondary N) is 1. The number of rotatable bonds is 2. The predicted molar refractivity (Wildman–Crippen MR) is 73.1 cm³/mol. The average Bonchev–Trinajstić information content (AvgIpc) is 2.40. The van der Waals surface area contributed by atoms with Crippen LogP contribution in [0.5, 0.6) is 0 Å². The van der Waals surface area contributed by atoms with E-state index in [2.05, 4.69) is 10.3 Å². The quantitative estimate of drug-likeness (QED) is 0.890. The van der Waals surface area contributed by atoms with E-state index in [0.717, 1.165) is 12.1 Å². The molecule has 0 aliphatic carbocycles. The molecule has 0 bridgehead atoms. The average molecular weight is 316 g/mol. The van der Waals surface area contributed by atoms with Gasteiger partial charge in [0, 0.05) is 5.02 Å². The number of pyridine rings is 1. The van der Waals surface area contributed by atoms with Gasteiger partial charge in [-0.2, -0.15) is 13.2 Å². The number of hydrogen-bond donors (Lipinski definition) is 2. The molecule has 0 spiro atoms. The van der Waals surface area contributed by atoms with Gasteiger partial charge in [-0.15, -0.1) is 0 Å². The zero-order valence-electron chi connectivity index (χ0n) is 10.4. The lowest BCUT2D eigenvalue weighted by molar-refractivity contribution is -0.136. The van der Waals surface area contributed by atoms with Gasteiger partial charge in [0.2, 0.25) is 0 Å².